The summed E-state index contributed by atoms with van der Waals surface area (Å²) in [6.45, 7) is 4.65. The number of benzene rings is 1. The van der Waals surface area contributed by atoms with Gasteiger partial charge in [0.15, 0.2) is 0 Å². The number of halogens is 2. The van der Waals surface area contributed by atoms with Gasteiger partial charge in [-0.2, -0.15) is 0 Å². The molecule has 0 aromatic heterocycles. The van der Waals surface area contributed by atoms with Gasteiger partial charge in [-0.05, 0) is 0 Å². The van der Waals surface area contributed by atoms with E-state index in [1.54, 1.807) is 9.83 Å². The molecule has 1 aromatic carbocycles. The molecule has 0 nitrogen and oxygen atoms in total. The first-order valence-electron chi connectivity index (χ1n) is 7.37. The van der Waals surface area contributed by atoms with Crippen LogP contribution in [0.15, 0.2) is 72.8 Å². The van der Waals surface area contributed by atoms with Gasteiger partial charge in [0.05, 0.1) is 0 Å². The largest absolute Gasteiger partial charge is 0.147 e. The van der Waals surface area contributed by atoms with Crippen LogP contribution in [0.5, 0.6) is 0 Å². The SMILES string of the molecule is CC1=[C]([Zr]([CH3])(=[SiH2])([C]2=CC=CC2)[c]2ccccc2)CC=C1.Cl.Cl. The molecule has 0 bridgehead atoms. The minimum absolute atomic E-state index is 0. The molecular weight excluding hydrogens is 406 g/mol. The first kappa shape index (κ1) is 19.9. The number of rotatable bonds is 3. The van der Waals surface area contributed by atoms with Gasteiger partial charge in [-0.25, -0.2) is 0 Å². The van der Waals surface area contributed by atoms with E-state index < -0.39 is 17.4 Å². The van der Waals surface area contributed by atoms with Crippen LogP contribution in [0, 0.1) is 0 Å². The summed E-state index contributed by atoms with van der Waals surface area (Å²) in [5, 5.41) is 0. The molecule has 0 saturated heterocycles. The Bertz CT molecular complexity index is 742. The van der Waals surface area contributed by atoms with Gasteiger partial charge < -0.3 is 0 Å². The molecule has 0 atom stereocenters. The Labute approximate surface area is 148 Å². The van der Waals surface area contributed by atoms with Crippen LogP contribution in [0.4, 0.5) is 0 Å². The van der Waals surface area contributed by atoms with Crippen molar-refractivity contribution in [3.8, 4) is 0 Å². The van der Waals surface area contributed by atoms with Crippen molar-refractivity contribution in [3.63, 3.8) is 0 Å². The maximum atomic E-state index is 2.62. The third-order valence-electron chi connectivity index (χ3n) is 5.18. The maximum absolute atomic E-state index is 3.25. The van der Waals surface area contributed by atoms with Crippen molar-refractivity contribution in [3.05, 3.63) is 72.8 Å². The molecule has 1 aromatic rings. The van der Waals surface area contributed by atoms with E-state index in [-0.39, 0.29) is 24.8 Å². The Hall–Kier alpha value is -0.140. The summed E-state index contributed by atoms with van der Waals surface area (Å²) in [4.78, 5) is 0. The molecule has 118 valence electrons. The fourth-order valence-corrected chi connectivity index (χ4v) is 22.1. The molecule has 4 heteroatoms. The van der Waals surface area contributed by atoms with Gasteiger partial charge in [0.25, 0.3) is 0 Å². The summed E-state index contributed by atoms with van der Waals surface area (Å²) < 4.78 is 7.71. The van der Waals surface area contributed by atoms with E-state index in [1.165, 1.54) is 5.57 Å². The minimum atomic E-state index is -3.25. The van der Waals surface area contributed by atoms with E-state index in [9.17, 15) is 0 Å². The molecule has 0 heterocycles. The van der Waals surface area contributed by atoms with Crippen LogP contribution in [0.25, 0.3) is 0 Å². The average Bonchev–Trinajstić information content (AvgIpc) is 3.11. The number of hydrogen-bond donors (Lipinski definition) is 0. The normalized spacial score (nSPS) is 17.1. The predicted molar refractivity (Wildman–Crippen MR) is 103 cm³/mol. The molecule has 3 rings (SSSR count). The van der Waals surface area contributed by atoms with E-state index in [0.717, 1.165) is 12.8 Å². The smallest absolute Gasteiger partial charge is 0.147 e. The van der Waals surface area contributed by atoms with E-state index in [0.29, 0.717) is 0 Å². The maximum Gasteiger partial charge on any atom is -0.147 e. The third kappa shape index (κ3) is 2.96. The summed E-state index contributed by atoms with van der Waals surface area (Å²) >= 11 is -3.25. The third-order valence-corrected chi connectivity index (χ3v) is 28.1. The van der Waals surface area contributed by atoms with Crippen molar-refractivity contribution in [2.75, 3.05) is 0 Å². The van der Waals surface area contributed by atoms with Crippen LogP contribution in [0.1, 0.15) is 19.8 Å². The predicted octanol–water partition coefficient (Wildman–Crippen LogP) is 4.52. The van der Waals surface area contributed by atoms with Crippen LogP contribution in [0.3, 0.4) is 0 Å². The summed E-state index contributed by atoms with van der Waals surface area (Å²) in [5.41, 5.74) is 1.52. The zero-order valence-corrected chi connectivity index (χ0v) is 18.7. The van der Waals surface area contributed by atoms with Crippen LogP contribution in [0.2, 0.25) is 4.63 Å². The molecule has 0 radical (unpaired) electrons. The molecule has 2 aliphatic carbocycles. The first-order chi connectivity index (χ1) is 9.53. The quantitative estimate of drug-likeness (QED) is 0.619. The molecular formula is C18H24Cl2SiZr. The van der Waals surface area contributed by atoms with Crippen LogP contribution < -0.4 is 3.27 Å². The summed E-state index contributed by atoms with van der Waals surface area (Å²) in [6, 6.07) is 11.3. The second-order valence-corrected chi connectivity index (χ2v) is 31.3. The molecule has 0 fully saturated rings. The second kappa shape index (κ2) is 7.18. The van der Waals surface area contributed by atoms with Crippen molar-refractivity contribution >= 4 is 35.0 Å². The number of hydrogen-bond acceptors (Lipinski definition) is 0. The standard InChI is InChI=1S/C6H7.C6H5.C5H5.CH3.2ClH.H2Si.Zr/c1-6-4-2-3-5-6;1-2-4-6-5-3-1;1-2-4-5-3-1;;;;;/h2,4H,3H2,1H3;1-5H;1-3H,4H2;1H3;2*1H;1H2;. The van der Waals surface area contributed by atoms with Gasteiger partial charge in [-0.1, -0.05) is 0 Å². The van der Waals surface area contributed by atoms with Gasteiger partial charge in [0.2, 0.25) is 0 Å². The summed E-state index contributed by atoms with van der Waals surface area (Å²) in [6.07, 6.45) is 14.0. The first-order valence-corrected chi connectivity index (χ1v) is 19.4. The van der Waals surface area contributed by atoms with Gasteiger partial charge >= 0.3 is 125 Å². The van der Waals surface area contributed by atoms with Crippen molar-refractivity contribution in [1.29, 1.82) is 0 Å². The molecule has 0 unspecified atom stereocenters. The van der Waals surface area contributed by atoms with Gasteiger partial charge in [0.1, 0.15) is 0 Å². The van der Waals surface area contributed by atoms with Gasteiger partial charge in [0, 0.05) is 0 Å². The average molecular weight is 431 g/mol. The van der Waals surface area contributed by atoms with E-state index in [2.05, 4.69) is 79.1 Å². The molecule has 0 N–H and O–H groups in total. The Morgan fingerprint density at radius 2 is 1.68 bits per heavy atom. The Morgan fingerprint density at radius 3 is 2.18 bits per heavy atom. The van der Waals surface area contributed by atoms with E-state index in [1.807, 2.05) is 0 Å². The zero-order valence-electron chi connectivity index (χ0n) is 13.2. The van der Waals surface area contributed by atoms with Crippen LogP contribution >= 0.6 is 24.8 Å². The van der Waals surface area contributed by atoms with E-state index >= 15 is 0 Å². The molecule has 0 aliphatic heterocycles. The monoisotopic (exact) mass is 428 g/mol. The second-order valence-electron chi connectivity index (χ2n) is 6.47. The minimum Gasteiger partial charge on any atom is -0.147 e. The van der Waals surface area contributed by atoms with Gasteiger partial charge in [-0.15, -0.1) is 24.8 Å². The van der Waals surface area contributed by atoms with Crippen molar-refractivity contribution < 1.29 is 17.4 Å². The molecule has 2 aliphatic rings. The fraction of sp³-hybridized carbons (Fsp3) is 0.222. The molecule has 22 heavy (non-hydrogen) atoms. The van der Waals surface area contributed by atoms with E-state index in [4.69, 9.17) is 0 Å². The van der Waals surface area contributed by atoms with Crippen molar-refractivity contribution in [1.82, 2.24) is 0 Å². The molecule has 0 saturated carbocycles. The topological polar surface area (TPSA) is 0 Å². The summed E-state index contributed by atoms with van der Waals surface area (Å²) in [7, 11) is 0. The zero-order chi connectivity index (χ0) is 14.2. The van der Waals surface area contributed by atoms with Crippen molar-refractivity contribution in [2.24, 2.45) is 0 Å². The number of allylic oxidation sites excluding steroid dienone is 8. The Balaban J connectivity index is 0.00000121. The fourth-order valence-electron chi connectivity index (χ4n) is 3.82. The summed E-state index contributed by atoms with van der Waals surface area (Å²) in [5.74, 6) is 0. The molecule has 0 amide bonds. The van der Waals surface area contributed by atoms with Crippen LogP contribution in [-0.4, -0.2) is 6.88 Å². The Kier molecular flexibility index (Phi) is 6.49. The van der Waals surface area contributed by atoms with Crippen LogP contribution in [-0.2, 0) is 17.4 Å². The molecule has 0 spiro atoms. The van der Waals surface area contributed by atoms with Gasteiger partial charge in [-0.3, -0.25) is 0 Å². The van der Waals surface area contributed by atoms with Crippen molar-refractivity contribution in [2.45, 2.75) is 24.4 Å². The Morgan fingerprint density at radius 1 is 1.00 bits per heavy atom.